The summed E-state index contributed by atoms with van der Waals surface area (Å²) in [5.41, 5.74) is 6.44. The van der Waals surface area contributed by atoms with Crippen LogP contribution in [0.4, 0.5) is 15.8 Å². The first-order valence-electron chi connectivity index (χ1n) is 6.19. The van der Waals surface area contributed by atoms with Crippen molar-refractivity contribution < 1.29 is 14.3 Å². The normalized spacial score (nSPS) is 10.3. The van der Waals surface area contributed by atoms with E-state index in [1.54, 1.807) is 31.2 Å². The van der Waals surface area contributed by atoms with Crippen molar-refractivity contribution in [2.24, 2.45) is 0 Å². The number of carbonyl (C=O) groups is 1. The number of carbonyl (C=O) groups excluding carboxylic acids is 1. The summed E-state index contributed by atoms with van der Waals surface area (Å²) in [6.07, 6.45) is 0. The van der Waals surface area contributed by atoms with Crippen LogP contribution in [0.15, 0.2) is 42.5 Å². The lowest BCUT2D eigenvalue weighted by Crippen LogP contribution is -2.31. The highest BCUT2D eigenvalue weighted by atomic mass is 19.1. The zero-order valence-electron chi connectivity index (χ0n) is 11.0. The van der Waals surface area contributed by atoms with Crippen LogP contribution >= 0.6 is 0 Å². The molecule has 0 bridgehead atoms. The summed E-state index contributed by atoms with van der Waals surface area (Å²) in [5.74, 6) is -1.71. The predicted molar refractivity (Wildman–Crippen MR) is 76.3 cm³/mol. The van der Waals surface area contributed by atoms with E-state index in [1.165, 1.54) is 17.0 Å². The molecule has 1 amide bonds. The molecule has 0 saturated carbocycles. The first kappa shape index (κ1) is 13.9. The third-order valence-electron chi connectivity index (χ3n) is 2.97. The van der Waals surface area contributed by atoms with Crippen LogP contribution in [0.25, 0.3) is 0 Å². The highest BCUT2D eigenvalue weighted by molar-refractivity contribution is 6.08. The standard InChI is InChI=1S/C15H15FN2O2/c1-2-18(11-8-6-10(17)7-9-11)15(20)14-12(16)4-3-5-13(14)19/h3-9,19H,2,17H2,1H3. The molecule has 0 radical (unpaired) electrons. The van der Waals surface area contributed by atoms with Crippen molar-refractivity contribution in [1.82, 2.24) is 0 Å². The average Bonchev–Trinajstić information content (AvgIpc) is 2.41. The quantitative estimate of drug-likeness (QED) is 0.846. The Morgan fingerprint density at radius 2 is 1.90 bits per heavy atom. The second-order valence-corrected chi connectivity index (χ2v) is 4.27. The number of rotatable bonds is 3. The summed E-state index contributed by atoms with van der Waals surface area (Å²) in [4.78, 5) is 13.8. The minimum absolute atomic E-state index is 0.328. The third-order valence-corrected chi connectivity index (χ3v) is 2.97. The molecule has 2 aromatic rings. The van der Waals surface area contributed by atoms with Crippen LogP contribution in [0, 0.1) is 5.82 Å². The first-order chi connectivity index (χ1) is 9.54. The van der Waals surface area contributed by atoms with E-state index in [9.17, 15) is 14.3 Å². The van der Waals surface area contributed by atoms with Gasteiger partial charge in [0.25, 0.3) is 5.91 Å². The Morgan fingerprint density at radius 1 is 1.25 bits per heavy atom. The van der Waals surface area contributed by atoms with Gasteiger partial charge < -0.3 is 15.7 Å². The maximum absolute atomic E-state index is 13.7. The van der Waals surface area contributed by atoms with Gasteiger partial charge in [-0.05, 0) is 43.3 Å². The Kier molecular flexibility index (Phi) is 3.89. The number of amides is 1. The van der Waals surface area contributed by atoms with Crippen molar-refractivity contribution >= 4 is 17.3 Å². The van der Waals surface area contributed by atoms with E-state index < -0.39 is 11.7 Å². The SMILES string of the molecule is CCN(C(=O)c1c(O)cccc1F)c1ccc(N)cc1. The van der Waals surface area contributed by atoms with E-state index in [1.807, 2.05) is 0 Å². The topological polar surface area (TPSA) is 66.6 Å². The number of phenolic OH excluding ortho intramolecular Hbond substituents is 1. The van der Waals surface area contributed by atoms with Gasteiger partial charge in [-0.1, -0.05) is 6.07 Å². The maximum Gasteiger partial charge on any atom is 0.265 e. The molecule has 0 saturated heterocycles. The van der Waals surface area contributed by atoms with Crippen LogP contribution in [-0.2, 0) is 0 Å². The summed E-state index contributed by atoms with van der Waals surface area (Å²) in [5, 5.41) is 9.69. The van der Waals surface area contributed by atoms with Gasteiger partial charge in [0.1, 0.15) is 17.1 Å². The lowest BCUT2D eigenvalue weighted by atomic mass is 10.1. The van der Waals surface area contributed by atoms with Crippen LogP contribution in [0.2, 0.25) is 0 Å². The summed E-state index contributed by atoms with van der Waals surface area (Å²) in [6, 6.07) is 10.4. The number of nitrogen functional groups attached to an aromatic ring is 1. The number of halogens is 1. The number of nitrogens with zero attached hydrogens (tertiary/aromatic N) is 1. The average molecular weight is 274 g/mol. The number of hydrogen-bond donors (Lipinski definition) is 2. The number of nitrogens with two attached hydrogens (primary N) is 1. The van der Waals surface area contributed by atoms with Crippen LogP contribution in [0.3, 0.4) is 0 Å². The largest absolute Gasteiger partial charge is 0.507 e. The Morgan fingerprint density at radius 3 is 2.45 bits per heavy atom. The monoisotopic (exact) mass is 274 g/mol. The molecule has 0 spiro atoms. The number of hydrogen-bond acceptors (Lipinski definition) is 3. The lowest BCUT2D eigenvalue weighted by Gasteiger charge is -2.22. The fraction of sp³-hybridized carbons (Fsp3) is 0.133. The summed E-state index contributed by atoms with van der Waals surface area (Å²) in [6.45, 7) is 2.11. The zero-order valence-corrected chi connectivity index (χ0v) is 11.0. The van der Waals surface area contributed by atoms with Gasteiger partial charge in [0.15, 0.2) is 0 Å². The van der Waals surface area contributed by atoms with E-state index in [2.05, 4.69) is 0 Å². The summed E-state index contributed by atoms with van der Waals surface area (Å²) in [7, 11) is 0. The van der Waals surface area contributed by atoms with Crippen molar-refractivity contribution in [2.75, 3.05) is 17.2 Å². The van der Waals surface area contributed by atoms with Gasteiger partial charge in [0, 0.05) is 17.9 Å². The summed E-state index contributed by atoms with van der Waals surface area (Å²) < 4.78 is 13.7. The molecule has 0 aromatic heterocycles. The third kappa shape index (κ3) is 2.56. The highest BCUT2D eigenvalue weighted by Gasteiger charge is 2.22. The number of aromatic hydroxyl groups is 1. The molecule has 2 aromatic carbocycles. The maximum atomic E-state index is 13.7. The Balaban J connectivity index is 2.42. The van der Waals surface area contributed by atoms with Gasteiger partial charge in [0.05, 0.1) is 0 Å². The molecule has 104 valence electrons. The molecule has 0 atom stereocenters. The molecule has 5 heteroatoms. The highest BCUT2D eigenvalue weighted by Crippen LogP contribution is 2.25. The molecular formula is C15H15FN2O2. The molecule has 20 heavy (non-hydrogen) atoms. The minimum Gasteiger partial charge on any atom is -0.507 e. The van der Waals surface area contributed by atoms with Crippen LogP contribution in [0.1, 0.15) is 17.3 Å². The van der Waals surface area contributed by atoms with Gasteiger partial charge >= 0.3 is 0 Å². The second kappa shape index (κ2) is 5.61. The predicted octanol–water partition coefficient (Wildman–Crippen LogP) is 2.78. The molecule has 0 aliphatic carbocycles. The van der Waals surface area contributed by atoms with Crippen molar-refractivity contribution in [3.63, 3.8) is 0 Å². The molecule has 0 heterocycles. The molecule has 4 nitrogen and oxygen atoms in total. The van der Waals surface area contributed by atoms with Gasteiger partial charge in [0.2, 0.25) is 0 Å². The fourth-order valence-corrected chi connectivity index (χ4v) is 1.96. The Hall–Kier alpha value is -2.56. The molecule has 0 unspecified atom stereocenters. The summed E-state index contributed by atoms with van der Waals surface area (Å²) >= 11 is 0. The van der Waals surface area contributed by atoms with E-state index in [4.69, 9.17) is 5.73 Å². The second-order valence-electron chi connectivity index (χ2n) is 4.27. The van der Waals surface area contributed by atoms with Gasteiger partial charge in [-0.2, -0.15) is 0 Å². The van der Waals surface area contributed by atoms with Crippen LogP contribution in [-0.4, -0.2) is 17.6 Å². The molecule has 3 N–H and O–H groups in total. The van der Waals surface area contributed by atoms with Crippen molar-refractivity contribution in [3.8, 4) is 5.75 Å². The fourth-order valence-electron chi connectivity index (χ4n) is 1.96. The van der Waals surface area contributed by atoms with Crippen molar-refractivity contribution in [3.05, 3.63) is 53.8 Å². The van der Waals surface area contributed by atoms with Gasteiger partial charge in [-0.15, -0.1) is 0 Å². The number of anilines is 2. The van der Waals surface area contributed by atoms with E-state index in [0.29, 0.717) is 17.9 Å². The number of benzene rings is 2. The molecular weight excluding hydrogens is 259 g/mol. The zero-order chi connectivity index (χ0) is 14.7. The lowest BCUT2D eigenvalue weighted by molar-refractivity contribution is 0.0981. The molecule has 0 aliphatic heterocycles. The minimum atomic E-state index is -0.746. The smallest absolute Gasteiger partial charge is 0.265 e. The van der Waals surface area contributed by atoms with E-state index >= 15 is 0 Å². The van der Waals surface area contributed by atoms with Gasteiger partial charge in [-0.3, -0.25) is 4.79 Å². The molecule has 0 fully saturated rings. The first-order valence-corrected chi connectivity index (χ1v) is 6.19. The van der Waals surface area contributed by atoms with Crippen molar-refractivity contribution in [1.29, 1.82) is 0 Å². The van der Waals surface area contributed by atoms with Gasteiger partial charge in [-0.25, -0.2) is 4.39 Å². The van der Waals surface area contributed by atoms with E-state index in [0.717, 1.165) is 6.07 Å². The Bertz CT molecular complexity index is 606. The Labute approximate surface area is 116 Å². The van der Waals surface area contributed by atoms with Crippen LogP contribution < -0.4 is 10.6 Å². The van der Waals surface area contributed by atoms with Crippen molar-refractivity contribution in [2.45, 2.75) is 6.92 Å². The van der Waals surface area contributed by atoms with Crippen LogP contribution in [0.5, 0.6) is 5.75 Å². The molecule has 2 rings (SSSR count). The number of phenols is 1. The van der Waals surface area contributed by atoms with E-state index in [-0.39, 0.29) is 11.3 Å². The molecule has 0 aliphatic rings.